The molecule has 0 saturated heterocycles. The van der Waals surface area contributed by atoms with Crippen LogP contribution in [0.2, 0.25) is 10.0 Å². The van der Waals surface area contributed by atoms with Gasteiger partial charge in [-0.25, -0.2) is 0 Å². The molecule has 1 atom stereocenters. The van der Waals surface area contributed by atoms with E-state index in [1.165, 1.54) is 36.0 Å². The van der Waals surface area contributed by atoms with E-state index in [4.69, 9.17) is 23.2 Å². The lowest BCUT2D eigenvalue weighted by Crippen LogP contribution is -2.22. The van der Waals surface area contributed by atoms with Crippen molar-refractivity contribution >= 4 is 23.2 Å². The molecule has 0 bridgehead atoms. The number of aryl methyl sites for hydroxylation is 2. The van der Waals surface area contributed by atoms with Crippen LogP contribution >= 0.6 is 23.2 Å². The summed E-state index contributed by atoms with van der Waals surface area (Å²) in [6.45, 7) is 3.03. The van der Waals surface area contributed by atoms with Crippen molar-refractivity contribution in [2.75, 3.05) is 6.54 Å². The van der Waals surface area contributed by atoms with Crippen LogP contribution in [0.15, 0.2) is 36.4 Å². The number of hydrogen-bond acceptors (Lipinski definition) is 1. The normalized spacial score (nSPS) is 15.0. The van der Waals surface area contributed by atoms with E-state index in [9.17, 15) is 0 Å². The number of hydrogen-bond donors (Lipinski definition) is 1. The number of halogens is 2. The van der Waals surface area contributed by atoms with Crippen molar-refractivity contribution in [1.29, 1.82) is 0 Å². The third-order valence-corrected chi connectivity index (χ3v) is 4.88. The van der Waals surface area contributed by atoms with E-state index < -0.39 is 0 Å². The zero-order valence-electron chi connectivity index (χ0n) is 12.1. The van der Waals surface area contributed by atoms with E-state index in [1.54, 1.807) is 0 Å². The Morgan fingerprint density at radius 3 is 2.43 bits per heavy atom. The van der Waals surface area contributed by atoms with Crippen LogP contribution in [0.5, 0.6) is 0 Å². The van der Waals surface area contributed by atoms with E-state index in [2.05, 4.69) is 36.5 Å². The minimum atomic E-state index is 0.163. The Bertz CT molecular complexity index is 652. The summed E-state index contributed by atoms with van der Waals surface area (Å²) in [7, 11) is 0. The Morgan fingerprint density at radius 1 is 0.952 bits per heavy atom. The maximum atomic E-state index is 6.18. The van der Waals surface area contributed by atoms with Gasteiger partial charge >= 0.3 is 0 Å². The van der Waals surface area contributed by atoms with Gasteiger partial charge in [-0.05, 0) is 60.2 Å². The minimum absolute atomic E-state index is 0.163. The Morgan fingerprint density at radius 2 is 1.67 bits per heavy atom. The highest BCUT2D eigenvalue weighted by molar-refractivity contribution is 6.42. The zero-order valence-corrected chi connectivity index (χ0v) is 13.6. The zero-order chi connectivity index (χ0) is 14.8. The lowest BCUT2D eigenvalue weighted by atomic mass is 9.95. The van der Waals surface area contributed by atoms with Gasteiger partial charge in [-0.3, -0.25) is 0 Å². The van der Waals surface area contributed by atoms with Crippen molar-refractivity contribution in [2.45, 2.75) is 32.2 Å². The average molecular weight is 320 g/mol. The minimum Gasteiger partial charge on any atom is -0.307 e. The number of benzene rings is 2. The van der Waals surface area contributed by atoms with Crippen LogP contribution < -0.4 is 5.32 Å². The van der Waals surface area contributed by atoms with Crippen molar-refractivity contribution in [1.82, 2.24) is 5.32 Å². The first-order chi connectivity index (χ1) is 10.2. The molecule has 0 spiro atoms. The molecule has 3 rings (SSSR count). The van der Waals surface area contributed by atoms with Crippen LogP contribution in [0, 0.1) is 0 Å². The predicted molar refractivity (Wildman–Crippen MR) is 90.4 cm³/mol. The molecule has 2 aromatic carbocycles. The number of rotatable bonds is 4. The molecule has 1 N–H and O–H groups in total. The van der Waals surface area contributed by atoms with Gasteiger partial charge in [0.2, 0.25) is 0 Å². The van der Waals surface area contributed by atoms with Crippen LogP contribution in [0.25, 0.3) is 0 Å². The molecule has 0 fully saturated rings. The maximum Gasteiger partial charge on any atom is 0.0595 e. The molecule has 1 aliphatic rings. The molecule has 1 unspecified atom stereocenters. The molecular weight excluding hydrogens is 301 g/mol. The Balaban J connectivity index is 1.99. The monoisotopic (exact) mass is 319 g/mol. The SMILES string of the molecule is CCNC(c1ccc(Cl)c(Cl)c1)c1ccc2c(c1)CCC2. The molecule has 110 valence electrons. The van der Waals surface area contributed by atoms with Gasteiger partial charge in [0.05, 0.1) is 16.1 Å². The first-order valence-corrected chi connectivity index (χ1v) is 8.24. The van der Waals surface area contributed by atoms with Gasteiger partial charge in [-0.1, -0.05) is 54.4 Å². The second kappa shape index (κ2) is 6.39. The molecule has 21 heavy (non-hydrogen) atoms. The van der Waals surface area contributed by atoms with E-state index in [0.717, 1.165) is 12.1 Å². The largest absolute Gasteiger partial charge is 0.307 e. The van der Waals surface area contributed by atoms with Gasteiger partial charge in [0.25, 0.3) is 0 Å². The summed E-state index contributed by atoms with van der Waals surface area (Å²) in [4.78, 5) is 0. The van der Waals surface area contributed by atoms with Crippen LogP contribution in [0.3, 0.4) is 0 Å². The topological polar surface area (TPSA) is 12.0 Å². The Hall–Kier alpha value is -1.02. The van der Waals surface area contributed by atoms with E-state index in [-0.39, 0.29) is 6.04 Å². The van der Waals surface area contributed by atoms with Crippen LogP contribution in [-0.4, -0.2) is 6.54 Å². The quantitative estimate of drug-likeness (QED) is 0.818. The number of fused-ring (bicyclic) bond motifs is 1. The van der Waals surface area contributed by atoms with E-state index in [1.807, 2.05) is 12.1 Å². The third kappa shape index (κ3) is 3.11. The average Bonchev–Trinajstić information content (AvgIpc) is 2.95. The lowest BCUT2D eigenvalue weighted by Gasteiger charge is -2.20. The fraction of sp³-hybridized carbons (Fsp3) is 0.333. The van der Waals surface area contributed by atoms with Crippen molar-refractivity contribution in [3.63, 3.8) is 0 Å². The molecule has 1 aliphatic carbocycles. The van der Waals surface area contributed by atoms with Gasteiger partial charge in [-0.2, -0.15) is 0 Å². The van der Waals surface area contributed by atoms with Crippen molar-refractivity contribution in [3.05, 3.63) is 68.7 Å². The second-order valence-electron chi connectivity index (χ2n) is 5.55. The summed E-state index contributed by atoms with van der Waals surface area (Å²) in [6, 6.07) is 12.9. The summed E-state index contributed by atoms with van der Waals surface area (Å²) in [5.41, 5.74) is 5.46. The summed E-state index contributed by atoms with van der Waals surface area (Å²) >= 11 is 12.2. The standard InChI is InChI=1S/C18H19Cl2N/c1-2-21-18(15-8-9-16(19)17(20)11-15)14-7-6-12-4-3-5-13(12)10-14/h6-11,18,21H,2-5H2,1H3. The Kier molecular flexibility index (Phi) is 4.54. The summed E-state index contributed by atoms with van der Waals surface area (Å²) in [5, 5.41) is 4.76. The van der Waals surface area contributed by atoms with E-state index in [0.29, 0.717) is 10.0 Å². The lowest BCUT2D eigenvalue weighted by molar-refractivity contribution is 0.630. The van der Waals surface area contributed by atoms with Crippen LogP contribution in [0.4, 0.5) is 0 Å². The van der Waals surface area contributed by atoms with Gasteiger partial charge in [0, 0.05) is 0 Å². The van der Waals surface area contributed by atoms with Gasteiger partial charge < -0.3 is 5.32 Å². The molecular formula is C18H19Cl2N. The molecule has 3 heteroatoms. The maximum absolute atomic E-state index is 6.18. The molecule has 0 aromatic heterocycles. The molecule has 0 radical (unpaired) electrons. The van der Waals surface area contributed by atoms with Gasteiger partial charge in [-0.15, -0.1) is 0 Å². The fourth-order valence-corrected chi connectivity index (χ4v) is 3.40. The van der Waals surface area contributed by atoms with Crippen molar-refractivity contribution in [2.24, 2.45) is 0 Å². The van der Waals surface area contributed by atoms with Gasteiger partial charge in [0.15, 0.2) is 0 Å². The molecule has 0 aliphatic heterocycles. The smallest absolute Gasteiger partial charge is 0.0595 e. The fourth-order valence-electron chi connectivity index (χ4n) is 3.10. The highest BCUT2D eigenvalue weighted by Gasteiger charge is 2.17. The van der Waals surface area contributed by atoms with Gasteiger partial charge in [0.1, 0.15) is 0 Å². The van der Waals surface area contributed by atoms with Crippen molar-refractivity contribution < 1.29 is 0 Å². The highest BCUT2D eigenvalue weighted by atomic mass is 35.5. The second-order valence-corrected chi connectivity index (χ2v) is 6.36. The molecule has 1 nitrogen and oxygen atoms in total. The first-order valence-electron chi connectivity index (χ1n) is 7.49. The van der Waals surface area contributed by atoms with Crippen LogP contribution in [0.1, 0.15) is 41.6 Å². The summed E-state index contributed by atoms with van der Waals surface area (Å²) in [6.07, 6.45) is 3.69. The predicted octanol–water partition coefficient (Wildman–Crippen LogP) is 5.18. The Labute approximate surface area is 136 Å². The third-order valence-electron chi connectivity index (χ3n) is 4.14. The molecule has 0 heterocycles. The molecule has 0 amide bonds. The first kappa shape index (κ1) is 14.9. The van der Waals surface area contributed by atoms with E-state index >= 15 is 0 Å². The van der Waals surface area contributed by atoms with Crippen LogP contribution in [-0.2, 0) is 12.8 Å². The molecule has 0 saturated carbocycles. The summed E-state index contributed by atoms with van der Waals surface area (Å²) < 4.78 is 0. The molecule has 2 aromatic rings. The van der Waals surface area contributed by atoms with Crippen molar-refractivity contribution in [3.8, 4) is 0 Å². The number of nitrogens with one attached hydrogen (secondary N) is 1. The summed E-state index contributed by atoms with van der Waals surface area (Å²) in [5.74, 6) is 0. The highest BCUT2D eigenvalue weighted by Crippen LogP contribution is 2.31.